The maximum absolute atomic E-state index is 4.05. The highest BCUT2D eigenvalue weighted by Crippen LogP contribution is 2.13. The van der Waals surface area contributed by atoms with Crippen molar-refractivity contribution in [3.05, 3.63) is 65.5 Å². The van der Waals surface area contributed by atoms with Crippen molar-refractivity contribution in [3.63, 3.8) is 0 Å². The molecule has 0 aliphatic rings. The van der Waals surface area contributed by atoms with Gasteiger partial charge in [0.15, 0.2) is 0 Å². The van der Waals surface area contributed by atoms with E-state index in [1.165, 1.54) is 16.7 Å². The molecule has 0 aliphatic carbocycles. The van der Waals surface area contributed by atoms with Gasteiger partial charge in [-0.05, 0) is 48.1 Å². The largest absolute Gasteiger partial charge is 0.306 e. The van der Waals surface area contributed by atoms with Crippen LogP contribution in [0.5, 0.6) is 0 Å². The van der Waals surface area contributed by atoms with Crippen LogP contribution in [0.1, 0.15) is 43.5 Å². The molecule has 1 aromatic carbocycles. The summed E-state index contributed by atoms with van der Waals surface area (Å²) in [5, 5.41) is 3.55. The van der Waals surface area contributed by atoms with Gasteiger partial charge in [-0.15, -0.1) is 0 Å². The second-order valence-electron chi connectivity index (χ2n) is 5.80. The Balaban J connectivity index is 1.88. The number of aromatic nitrogens is 1. The van der Waals surface area contributed by atoms with Gasteiger partial charge in [0.2, 0.25) is 0 Å². The SMILES string of the molecule is CC(C)Cc1ccc(CN[C@@H](C)c2ccncc2)cc1. The first kappa shape index (κ1) is 14.7. The van der Waals surface area contributed by atoms with Gasteiger partial charge in [-0.2, -0.15) is 0 Å². The number of hydrogen-bond donors (Lipinski definition) is 1. The molecular weight excluding hydrogens is 244 g/mol. The summed E-state index contributed by atoms with van der Waals surface area (Å²) in [4.78, 5) is 4.05. The molecule has 0 spiro atoms. The molecular formula is C18H24N2. The predicted octanol–water partition coefficient (Wildman–Crippen LogP) is 4.13. The van der Waals surface area contributed by atoms with E-state index in [-0.39, 0.29) is 0 Å². The molecule has 1 aromatic heterocycles. The monoisotopic (exact) mass is 268 g/mol. The summed E-state index contributed by atoms with van der Waals surface area (Å²) in [5.74, 6) is 0.714. The third-order valence-corrected chi connectivity index (χ3v) is 3.49. The molecule has 1 atom stereocenters. The lowest BCUT2D eigenvalue weighted by Gasteiger charge is -2.14. The number of nitrogens with zero attached hydrogens (tertiary/aromatic N) is 1. The van der Waals surface area contributed by atoms with Crippen molar-refractivity contribution in [2.75, 3.05) is 0 Å². The zero-order valence-corrected chi connectivity index (χ0v) is 12.6. The maximum atomic E-state index is 4.05. The summed E-state index contributed by atoms with van der Waals surface area (Å²) in [7, 11) is 0. The van der Waals surface area contributed by atoms with Gasteiger partial charge in [-0.3, -0.25) is 4.98 Å². The van der Waals surface area contributed by atoms with Crippen LogP contribution in [0.25, 0.3) is 0 Å². The fourth-order valence-electron chi connectivity index (χ4n) is 2.31. The van der Waals surface area contributed by atoms with Crippen LogP contribution in [0.4, 0.5) is 0 Å². The Morgan fingerprint density at radius 2 is 1.50 bits per heavy atom. The van der Waals surface area contributed by atoms with Crippen LogP contribution in [0.3, 0.4) is 0 Å². The average Bonchev–Trinajstić information content (AvgIpc) is 2.46. The van der Waals surface area contributed by atoms with Gasteiger partial charge in [-0.25, -0.2) is 0 Å². The maximum Gasteiger partial charge on any atom is 0.0296 e. The van der Waals surface area contributed by atoms with Crippen LogP contribution < -0.4 is 5.32 Å². The molecule has 2 nitrogen and oxygen atoms in total. The zero-order chi connectivity index (χ0) is 14.4. The first-order valence-corrected chi connectivity index (χ1v) is 7.36. The topological polar surface area (TPSA) is 24.9 Å². The second-order valence-corrected chi connectivity index (χ2v) is 5.80. The van der Waals surface area contributed by atoms with Crippen LogP contribution in [0.15, 0.2) is 48.8 Å². The Kier molecular flexibility index (Phi) is 5.31. The number of benzene rings is 1. The first-order chi connectivity index (χ1) is 9.65. The van der Waals surface area contributed by atoms with E-state index in [4.69, 9.17) is 0 Å². The summed E-state index contributed by atoms with van der Waals surface area (Å²) >= 11 is 0. The number of pyridine rings is 1. The molecule has 0 amide bonds. The molecule has 0 aliphatic heterocycles. The van der Waals surface area contributed by atoms with Gasteiger partial charge in [-0.1, -0.05) is 38.1 Å². The van der Waals surface area contributed by atoms with Crippen molar-refractivity contribution in [2.45, 2.75) is 39.8 Å². The van der Waals surface area contributed by atoms with Crippen molar-refractivity contribution in [1.29, 1.82) is 0 Å². The lowest BCUT2D eigenvalue weighted by Crippen LogP contribution is -2.18. The van der Waals surface area contributed by atoms with Gasteiger partial charge in [0, 0.05) is 25.0 Å². The van der Waals surface area contributed by atoms with Crippen LogP contribution in [0, 0.1) is 5.92 Å². The molecule has 1 heterocycles. The van der Waals surface area contributed by atoms with E-state index in [1.54, 1.807) is 0 Å². The third-order valence-electron chi connectivity index (χ3n) is 3.49. The smallest absolute Gasteiger partial charge is 0.0296 e. The highest BCUT2D eigenvalue weighted by Gasteiger charge is 2.04. The first-order valence-electron chi connectivity index (χ1n) is 7.36. The number of rotatable bonds is 6. The van der Waals surface area contributed by atoms with Gasteiger partial charge in [0.05, 0.1) is 0 Å². The normalized spacial score (nSPS) is 12.6. The molecule has 106 valence electrons. The highest BCUT2D eigenvalue weighted by atomic mass is 14.9. The molecule has 2 aromatic rings. The molecule has 0 saturated heterocycles. The lowest BCUT2D eigenvalue weighted by molar-refractivity contribution is 0.574. The van der Waals surface area contributed by atoms with E-state index in [0.717, 1.165) is 13.0 Å². The zero-order valence-electron chi connectivity index (χ0n) is 12.6. The average molecular weight is 268 g/mol. The Labute approximate surface area is 122 Å². The van der Waals surface area contributed by atoms with E-state index in [1.807, 2.05) is 12.4 Å². The minimum Gasteiger partial charge on any atom is -0.306 e. The number of hydrogen-bond acceptors (Lipinski definition) is 2. The molecule has 20 heavy (non-hydrogen) atoms. The summed E-state index contributed by atoms with van der Waals surface area (Å²) in [6.07, 6.45) is 4.84. The van der Waals surface area contributed by atoms with Gasteiger partial charge >= 0.3 is 0 Å². The molecule has 0 bridgehead atoms. The minimum atomic E-state index is 0.341. The van der Waals surface area contributed by atoms with E-state index in [2.05, 4.69) is 67.5 Å². The lowest BCUT2D eigenvalue weighted by atomic mass is 10.0. The Morgan fingerprint density at radius 3 is 2.10 bits per heavy atom. The summed E-state index contributed by atoms with van der Waals surface area (Å²) < 4.78 is 0. The fraction of sp³-hybridized carbons (Fsp3) is 0.389. The van der Waals surface area contributed by atoms with Crippen LogP contribution in [-0.4, -0.2) is 4.98 Å². The minimum absolute atomic E-state index is 0.341. The van der Waals surface area contributed by atoms with Crippen molar-refractivity contribution in [3.8, 4) is 0 Å². The predicted molar refractivity (Wildman–Crippen MR) is 84.5 cm³/mol. The van der Waals surface area contributed by atoms with Gasteiger partial charge in [0.1, 0.15) is 0 Å². The summed E-state index contributed by atoms with van der Waals surface area (Å²) in [5.41, 5.74) is 4.03. The second kappa shape index (κ2) is 7.20. The van der Waals surface area contributed by atoms with Gasteiger partial charge < -0.3 is 5.32 Å². The van der Waals surface area contributed by atoms with E-state index in [0.29, 0.717) is 12.0 Å². The molecule has 0 fully saturated rings. The van der Waals surface area contributed by atoms with Gasteiger partial charge in [0.25, 0.3) is 0 Å². The van der Waals surface area contributed by atoms with E-state index < -0.39 is 0 Å². The highest BCUT2D eigenvalue weighted by molar-refractivity contribution is 5.23. The molecule has 0 saturated carbocycles. The molecule has 2 heteroatoms. The van der Waals surface area contributed by atoms with Crippen LogP contribution in [0.2, 0.25) is 0 Å². The van der Waals surface area contributed by atoms with Crippen molar-refractivity contribution < 1.29 is 0 Å². The number of nitrogens with one attached hydrogen (secondary N) is 1. The Morgan fingerprint density at radius 1 is 0.900 bits per heavy atom. The quantitative estimate of drug-likeness (QED) is 0.852. The molecule has 0 radical (unpaired) electrons. The Hall–Kier alpha value is -1.67. The van der Waals surface area contributed by atoms with E-state index in [9.17, 15) is 0 Å². The van der Waals surface area contributed by atoms with Crippen molar-refractivity contribution >= 4 is 0 Å². The summed E-state index contributed by atoms with van der Waals surface area (Å²) in [6, 6.07) is 13.4. The molecule has 0 unspecified atom stereocenters. The third kappa shape index (κ3) is 4.46. The fourth-order valence-corrected chi connectivity index (χ4v) is 2.31. The molecule has 2 rings (SSSR count). The van der Waals surface area contributed by atoms with E-state index >= 15 is 0 Å². The summed E-state index contributed by atoms with van der Waals surface area (Å²) in [6.45, 7) is 7.59. The Bertz CT molecular complexity index is 503. The molecule has 1 N–H and O–H groups in total. The van der Waals surface area contributed by atoms with Crippen molar-refractivity contribution in [2.24, 2.45) is 5.92 Å². The van der Waals surface area contributed by atoms with Crippen LogP contribution in [-0.2, 0) is 13.0 Å². The van der Waals surface area contributed by atoms with Crippen molar-refractivity contribution in [1.82, 2.24) is 10.3 Å². The standard InChI is InChI=1S/C18H24N2/c1-14(2)12-16-4-6-17(7-5-16)13-20-15(3)18-8-10-19-11-9-18/h4-11,14-15,20H,12-13H2,1-3H3/t15-/m0/s1. The van der Waals surface area contributed by atoms with Crippen LogP contribution >= 0.6 is 0 Å².